The van der Waals surface area contributed by atoms with Gasteiger partial charge in [-0.05, 0) is 55.4 Å². The van der Waals surface area contributed by atoms with Crippen molar-refractivity contribution in [1.82, 2.24) is 5.32 Å². The van der Waals surface area contributed by atoms with Gasteiger partial charge in [0, 0.05) is 0 Å². The van der Waals surface area contributed by atoms with Gasteiger partial charge in [-0.1, -0.05) is 34.6 Å². The van der Waals surface area contributed by atoms with E-state index in [1.165, 1.54) is 12.8 Å². The normalized spacial score (nSPS) is 26.4. The average Bonchev–Trinajstić information content (AvgIpc) is 2.27. The Morgan fingerprint density at radius 1 is 1.21 bits per heavy atom. The molecule has 0 spiro atoms. The van der Waals surface area contributed by atoms with Crippen LogP contribution in [0.25, 0.3) is 0 Å². The zero-order chi connectivity index (χ0) is 14.6. The molecule has 3 nitrogen and oxygen atoms in total. The van der Waals surface area contributed by atoms with E-state index in [9.17, 15) is 9.90 Å². The Bertz CT molecular complexity index is 286. The second-order valence-corrected chi connectivity index (χ2v) is 7.60. The van der Waals surface area contributed by atoms with Gasteiger partial charge in [0.2, 0.25) is 0 Å². The summed E-state index contributed by atoms with van der Waals surface area (Å²) in [5, 5.41) is 12.6. The minimum absolute atomic E-state index is 0.301. The number of rotatable bonds is 5. The second kappa shape index (κ2) is 6.74. The van der Waals surface area contributed by atoms with Crippen LogP contribution in [-0.2, 0) is 4.79 Å². The fourth-order valence-corrected chi connectivity index (χ4v) is 3.14. The SMILES string of the molecule is CC(C)CNC(C(=O)O)C1CCC(C(C)(C)C)CC1. The van der Waals surface area contributed by atoms with E-state index >= 15 is 0 Å². The Morgan fingerprint density at radius 2 is 1.74 bits per heavy atom. The van der Waals surface area contributed by atoms with Crippen molar-refractivity contribution < 1.29 is 9.90 Å². The van der Waals surface area contributed by atoms with Gasteiger partial charge in [0.1, 0.15) is 6.04 Å². The van der Waals surface area contributed by atoms with Gasteiger partial charge in [0.15, 0.2) is 0 Å². The molecule has 1 atom stereocenters. The summed E-state index contributed by atoms with van der Waals surface area (Å²) in [5.41, 5.74) is 0.356. The maximum Gasteiger partial charge on any atom is 0.320 e. The van der Waals surface area contributed by atoms with Gasteiger partial charge in [0.05, 0.1) is 0 Å². The van der Waals surface area contributed by atoms with Crippen LogP contribution < -0.4 is 5.32 Å². The lowest BCUT2D eigenvalue weighted by atomic mass is 9.68. The molecular weight excluding hydrogens is 238 g/mol. The van der Waals surface area contributed by atoms with Crippen LogP contribution in [0, 0.1) is 23.2 Å². The van der Waals surface area contributed by atoms with Crippen LogP contribution in [0.4, 0.5) is 0 Å². The van der Waals surface area contributed by atoms with Crippen molar-refractivity contribution in [3.05, 3.63) is 0 Å². The van der Waals surface area contributed by atoms with E-state index in [1.54, 1.807) is 0 Å². The summed E-state index contributed by atoms with van der Waals surface area (Å²) < 4.78 is 0. The van der Waals surface area contributed by atoms with E-state index < -0.39 is 5.97 Å². The van der Waals surface area contributed by atoms with Crippen LogP contribution in [0.15, 0.2) is 0 Å². The molecule has 0 bridgehead atoms. The molecule has 1 aliphatic carbocycles. The Morgan fingerprint density at radius 3 is 2.11 bits per heavy atom. The maximum atomic E-state index is 11.4. The van der Waals surface area contributed by atoms with Gasteiger partial charge in [-0.3, -0.25) is 4.79 Å². The van der Waals surface area contributed by atoms with Gasteiger partial charge >= 0.3 is 5.97 Å². The summed E-state index contributed by atoms with van der Waals surface area (Å²) in [7, 11) is 0. The molecule has 0 aromatic carbocycles. The Balaban J connectivity index is 2.53. The first-order valence-electron chi connectivity index (χ1n) is 7.68. The van der Waals surface area contributed by atoms with Crippen LogP contribution in [0.2, 0.25) is 0 Å². The Labute approximate surface area is 118 Å². The highest BCUT2D eigenvalue weighted by Gasteiger charge is 2.35. The van der Waals surface area contributed by atoms with Crippen molar-refractivity contribution in [3.8, 4) is 0 Å². The molecule has 1 unspecified atom stereocenters. The lowest BCUT2D eigenvalue weighted by molar-refractivity contribution is -0.141. The van der Waals surface area contributed by atoms with Crippen molar-refractivity contribution >= 4 is 5.97 Å². The minimum Gasteiger partial charge on any atom is -0.480 e. The summed E-state index contributed by atoms with van der Waals surface area (Å²) >= 11 is 0. The molecule has 1 rings (SSSR count). The van der Waals surface area contributed by atoms with Crippen LogP contribution in [0.5, 0.6) is 0 Å². The molecule has 0 amide bonds. The summed E-state index contributed by atoms with van der Waals surface area (Å²) in [6.45, 7) is 11.9. The van der Waals surface area contributed by atoms with Crippen molar-refractivity contribution in [1.29, 1.82) is 0 Å². The van der Waals surface area contributed by atoms with E-state index in [-0.39, 0.29) is 6.04 Å². The predicted molar refractivity (Wildman–Crippen MR) is 79.2 cm³/mol. The smallest absolute Gasteiger partial charge is 0.320 e. The van der Waals surface area contributed by atoms with E-state index in [2.05, 4.69) is 39.9 Å². The molecule has 0 aromatic heterocycles. The first-order chi connectivity index (χ1) is 8.71. The molecule has 0 aliphatic heterocycles. The van der Waals surface area contributed by atoms with Gasteiger partial charge in [-0.15, -0.1) is 0 Å². The average molecular weight is 269 g/mol. The zero-order valence-electron chi connectivity index (χ0n) is 13.2. The molecule has 112 valence electrons. The standard InChI is InChI=1S/C16H31NO2/c1-11(2)10-17-14(15(18)19)12-6-8-13(9-7-12)16(3,4)5/h11-14,17H,6-10H2,1-5H3,(H,18,19). The van der Waals surface area contributed by atoms with E-state index in [0.717, 1.165) is 25.3 Å². The van der Waals surface area contributed by atoms with E-state index in [1.807, 2.05) is 0 Å². The topological polar surface area (TPSA) is 49.3 Å². The number of carboxylic acids is 1. The van der Waals surface area contributed by atoms with Crippen molar-refractivity contribution in [2.45, 2.75) is 66.3 Å². The first kappa shape index (κ1) is 16.5. The van der Waals surface area contributed by atoms with Crippen LogP contribution >= 0.6 is 0 Å². The lowest BCUT2D eigenvalue weighted by Gasteiger charge is -2.38. The number of hydrogen-bond acceptors (Lipinski definition) is 2. The third kappa shape index (κ3) is 5.13. The maximum absolute atomic E-state index is 11.4. The molecule has 0 heterocycles. The van der Waals surface area contributed by atoms with Crippen molar-refractivity contribution in [2.75, 3.05) is 6.54 Å². The first-order valence-corrected chi connectivity index (χ1v) is 7.68. The third-order valence-corrected chi connectivity index (χ3v) is 4.48. The molecule has 19 heavy (non-hydrogen) atoms. The fraction of sp³-hybridized carbons (Fsp3) is 0.938. The number of aliphatic carboxylic acids is 1. The van der Waals surface area contributed by atoms with Crippen LogP contribution in [0.1, 0.15) is 60.3 Å². The molecule has 1 fully saturated rings. The number of nitrogens with one attached hydrogen (secondary N) is 1. The molecule has 1 saturated carbocycles. The van der Waals surface area contributed by atoms with Gasteiger partial charge in [0.25, 0.3) is 0 Å². The Hall–Kier alpha value is -0.570. The van der Waals surface area contributed by atoms with Crippen LogP contribution in [-0.4, -0.2) is 23.7 Å². The van der Waals surface area contributed by atoms with Gasteiger partial charge in [-0.2, -0.15) is 0 Å². The summed E-state index contributed by atoms with van der Waals surface area (Å²) in [4.78, 5) is 11.4. The largest absolute Gasteiger partial charge is 0.480 e. The predicted octanol–water partition coefficient (Wildman–Crippen LogP) is 3.54. The Kier molecular flexibility index (Phi) is 5.84. The monoisotopic (exact) mass is 269 g/mol. The molecule has 0 saturated heterocycles. The second-order valence-electron chi connectivity index (χ2n) is 7.60. The lowest BCUT2D eigenvalue weighted by Crippen LogP contribution is -2.46. The van der Waals surface area contributed by atoms with Gasteiger partial charge in [-0.25, -0.2) is 0 Å². The number of hydrogen-bond donors (Lipinski definition) is 2. The highest BCUT2D eigenvalue weighted by atomic mass is 16.4. The van der Waals surface area contributed by atoms with Gasteiger partial charge < -0.3 is 10.4 Å². The van der Waals surface area contributed by atoms with Crippen molar-refractivity contribution in [2.24, 2.45) is 23.2 Å². The molecule has 2 N–H and O–H groups in total. The van der Waals surface area contributed by atoms with Crippen LogP contribution in [0.3, 0.4) is 0 Å². The molecule has 1 aliphatic rings. The van der Waals surface area contributed by atoms with E-state index in [4.69, 9.17) is 0 Å². The molecule has 3 heteroatoms. The number of carbonyl (C=O) groups is 1. The molecular formula is C16H31NO2. The highest BCUT2D eigenvalue weighted by Crippen LogP contribution is 2.40. The zero-order valence-corrected chi connectivity index (χ0v) is 13.2. The third-order valence-electron chi connectivity index (χ3n) is 4.48. The summed E-state index contributed by atoms with van der Waals surface area (Å²) in [6, 6.07) is -0.358. The fourth-order valence-electron chi connectivity index (χ4n) is 3.14. The van der Waals surface area contributed by atoms with Crippen molar-refractivity contribution in [3.63, 3.8) is 0 Å². The quantitative estimate of drug-likeness (QED) is 0.802. The number of carboxylic acid groups (broad SMARTS) is 1. The minimum atomic E-state index is -0.681. The molecule has 0 aromatic rings. The molecule has 0 radical (unpaired) electrons. The summed E-state index contributed by atoms with van der Waals surface area (Å²) in [6.07, 6.45) is 4.43. The highest BCUT2D eigenvalue weighted by molar-refractivity contribution is 5.73. The summed E-state index contributed by atoms with van der Waals surface area (Å²) in [5.74, 6) is 0.853. The van der Waals surface area contributed by atoms with E-state index in [0.29, 0.717) is 17.3 Å².